The Labute approximate surface area is 121 Å². The van der Waals surface area contributed by atoms with E-state index in [-0.39, 0.29) is 5.54 Å². The molecule has 0 amide bonds. The Balaban J connectivity index is 1.90. The summed E-state index contributed by atoms with van der Waals surface area (Å²) in [6.07, 6.45) is 4.13. The van der Waals surface area contributed by atoms with E-state index in [0.29, 0.717) is 19.1 Å². The minimum atomic E-state index is -0.0855. The van der Waals surface area contributed by atoms with Crippen LogP contribution in [0.3, 0.4) is 0 Å². The number of hydrogen-bond acceptors (Lipinski definition) is 3. The van der Waals surface area contributed by atoms with Crippen molar-refractivity contribution in [3.05, 3.63) is 34.9 Å². The second kappa shape index (κ2) is 6.39. The predicted molar refractivity (Wildman–Crippen MR) is 80.5 cm³/mol. The molecular weight excluding hydrogens is 248 g/mol. The highest BCUT2D eigenvalue weighted by Crippen LogP contribution is 2.29. The molecule has 0 heterocycles. The number of nitrogens with zero attached hydrogens (tertiary/aromatic N) is 1. The third-order valence-electron chi connectivity index (χ3n) is 4.17. The van der Waals surface area contributed by atoms with Crippen molar-refractivity contribution in [2.75, 3.05) is 13.2 Å². The van der Waals surface area contributed by atoms with Crippen LogP contribution in [0.1, 0.15) is 55.7 Å². The molecule has 1 aromatic rings. The second-order valence-corrected chi connectivity index (χ2v) is 6.20. The van der Waals surface area contributed by atoms with Crippen LogP contribution in [0.2, 0.25) is 0 Å². The Morgan fingerprint density at radius 1 is 1.40 bits per heavy atom. The fraction of sp³-hybridized carbons (Fsp3) is 0.588. The van der Waals surface area contributed by atoms with Crippen molar-refractivity contribution >= 4 is 0 Å². The summed E-state index contributed by atoms with van der Waals surface area (Å²) >= 11 is 0. The molecule has 0 unspecified atom stereocenters. The molecule has 1 fully saturated rings. The fourth-order valence-corrected chi connectivity index (χ4v) is 2.52. The third kappa shape index (κ3) is 3.59. The van der Waals surface area contributed by atoms with Crippen LogP contribution >= 0.6 is 0 Å². The first kappa shape index (κ1) is 15.0. The van der Waals surface area contributed by atoms with Crippen LogP contribution in [0.5, 0.6) is 0 Å². The molecule has 0 aromatic heterocycles. The van der Waals surface area contributed by atoms with E-state index in [2.05, 4.69) is 26.0 Å². The van der Waals surface area contributed by atoms with E-state index in [4.69, 9.17) is 10.5 Å². The number of ether oxygens (including phenoxy) is 1. The van der Waals surface area contributed by atoms with Gasteiger partial charge in [0, 0.05) is 5.54 Å². The summed E-state index contributed by atoms with van der Waals surface area (Å²) in [6, 6.07) is 8.35. The fourth-order valence-electron chi connectivity index (χ4n) is 2.52. The molecule has 1 aliphatic carbocycles. The maximum absolute atomic E-state index is 9.17. The summed E-state index contributed by atoms with van der Waals surface area (Å²) in [4.78, 5) is 0. The molecule has 1 aromatic carbocycles. The Morgan fingerprint density at radius 3 is 2.70 bits per heavy atom. The van der Waals surface area contributed by atoms with Gasteiger partial charge in [0.05, 0.1) is 24.8 Å². The quantitative estimate of drug-likeness (QED) is 0.809. The van der Waals surface area contributed by atoms with Crippen LogP contribution in [-0.2, 0) is 11.2 Å². The molecule has 1 saturated carbocycles. The zero-order chi connectivity index (χ0) is 14.6. The summed E-state index contributed by atoms with van der Waals surface area (Å²) < 4.78 is 5.71. The second-order valence-electron chi connectivity index (χ2n) is 6.20. The Hall–Kier alpha value is -1.37. The van der Waals surface area contributed by atoms with Gasteiger partial charge in [-0.2, -0.15) is 5.26 Å². The lowest BCUT2D eigenvalue weighted by Gasteiger charge is -2.37. The van der Waals surface area contributed by atoms with E-state index in [1.807, 2.05) is 12.1 Å². The highest BCUT2D eigenvalue weighted by molar-refractivity contribution is 5.41. The number of hydrogen-bond donors (Lipinski definition) is 1. The van der Waals surface area contributed by atoms with Crippen LogP contribution < -0.4 is 5.73 Å². The van der Waals surface area contributed by atoms with Crippen molar-refractivity contribution in [2.24, 2.45) is 5.73 Å². The maximum Gasteiger partial charge on any atom is 0.0994 e. The molecular formula is C17H24N2O. The summed E-state index contributed by atoms with van der Waals surface area (Å²) in [6.45, 7) is 5.60. The van der Waals surface area contributed by atoms with Gasteiger partial charge < -0.3 is 10.5 Å². The van der Waals surface area contributed by atoms with Gasteiger partial charge in [0.1, 0.15) is 0 Å². The van der Waals surface area contributed by atoms with Gasteiger partial charge in [-0.15, -0.1) is 0 Å². The Bertz CT molecular complexity index is 498. The van der Waals surface area contributed by atoms with E-state index in [9.17, 15) is 5.26 Å². The lowest BCUT2D eigenvalue weighted by Crippen LogP contribution is -2.50. The number of nitriles is 1. The van der Waals surface area contributed by atoms with Crippen molar-refractivity contribution in [1.82, 2.24) is 0 Å². The SMILES string of the molecule is CC(C)c1ccc(C#N)c(CCOCC2(N)CCC2)c1. The van der Waals surface area contributed by atoms with Gasteiger partial charge in [0.2, 0.25) is 0 Å². The minimum absolute atomic E-state index is 0.0855. The average Bonchev–Trinajstić information content (AvgIpc) is 2.41. The van der Waals surface area contributed by atoms with Crippen molar-refractivity contribution in [3.8, 4) is 6.07 Å². The molecule has 0 bridgehead atoms. The molecule has 0 radical (unpaired) electrons. The zero-order valence-corrected chi connectivity index (χ0v) is 12.5. The first-order chi connectivity index (χ1) is 9.54. The smallest absolute Gasteiger partial charge is 0.0994 e. The largest absolute Gasteiger partial charge is 0.379 e. The van der Waals surface area contributed by atoms with Crippen LogP contribution in [0, 0.1) is 11.3 Å². The maximum atomic E-state index is 9.17. The Morgan fingerprint density at radius 2 is 2.15 bits per heavy atom. The first-order valence-corrected chi connectivity index (χ1v) is 7.44. The third-order valence-corrected chi connectivity index (χ3v) is 4.17. The van der Waals surface area contributed by atoms with E-state index in [0.717, 1.165) is 30.4 Å². The summed E-state index contributed by atoms with van der Waals surface area (Å²) in [5, 5.41) is 9.17. The topological polar surface area (TPSA) is 59.0 Å². The van der Waals surface area contributed by atoms with Crippen molar-refractivity contribution in [3.63, 3.8) is 0 Å². The van der Waals surface area contributed by atoms with E-state index in [1.165, 1.54) is 12.0 Å². The highest BCUT2D eigenvalue weighted by atomic mass is 16.5. The van der Waals surface area contributed by atoms with Gasteiger partial charge in [-0.25, -0.2) is 0 Å². The average molecular weight is 272 g/mol. The molecule has 2 N–H and O–H groups in total. The van der Waals surface area contributed by atoms with Crippen LogP contribution in [0.15, 0.2) is 18.2 Å². The summed E-state index contributed by atoms with van der Waals surface area (Å²) in [7, 11) is 0. The monoisotopic (exact) mass is 272 g/mol. The van der Waals surface area contributed by atoms with Gasteiger partial charge in [0.15, 0.2) is 0 Å². The van der Waals surface area contributed by atoms with Crippen molar-refractivity contribution in [1.29, 1.82) is 5.26 Å². The van der Waals surface area contributed by atoms with Gasteiger partial charge in [-0.05, 0) is 48.8 Å². The van der Waals surface area contributed by atoms with E-state index in [1.54, 1.807) is 0 Å². The molecule has 0 atom stereocenters. The van der Waals surface area contributed by atoms with Crippen LogP contribution in [-0.4, -0.2) is 18.8 Å². The number of rotatable bonds is 6. The molecule has 0 saturated heterocycles. The minimum Gasteiger partial charge on any atom is -0.379 e. The summed E-state index contributed by atoms with van der Waals surface area (Å²) in [5.41, 5.74) is 9.15. The van der Waals surface area contributed by atoms with Crippen molar-refractivity contribution < 1.29 is 4.74 Å². The van der Waals surface area contributed by atoms with Gasteiger partial charge in [-0.1, -0.05) is 26.0 Å². The van der Waals surface area contributed by atoms with Crippen molar-refractivity contribution in [2.45, 2.75) is 51.0 Å². The van der Waals surface area contributed by atoms with E-state index < -0.39 is 0 Å². The predicted octanol–water partition coefficient (Wildman–Crippen LogP) is 3.12. The molecule has 3 nitrogen and oxygen atoms in total. The molecule has 1 aliphatic rings. The van der Waals surface area contributed by atoms with E-state index >= 15 is 0 Å². The summed E-state index contributed by atoms with van der Waals surface area (Å²) in [5.74, 6) is 0.477. The molecule has 108 valence electrons. The number of nitrogens with two attached hydrogens (primary N) is 1. The molecule has 3 heteroatoms. The normalized spacial score (nSPS) is 16.8. The molecule has 20 heavy (non-hydrogen) atoms. The lowest BCUT2D eigenvalue weighted by molar-refractivity contribution is 0.0516. The standard InChI is InChI=1S/C17H24N2O/c1-13(2)14-4-5-16(11-18)15(10-14)6-9-20-12-17(19)7-3-8-17/h4-5,10,13H,3,6-9,12,19H2,1-2H3. The zero-order valence-electron chi connectivity index (χ0n) is 12.5. The molecule has 2 rings (SSSR count). The van der Waals surface area contributed by atoms with Gasteiger partial charge in [-0.3, -0.25) is 0 Å². The van der Waals surface area contributed by atoms with Crippen LogP contribution in [0.25, 0.3) is 0 Å². The first-order valence-electron chi connectivity index (χ1n) is 7.44. The highest BCUT2D eigenvalue weighted by Gasteiger charge is 2.32. The molecule has 0 spiro atoms. The Kier molecular flexibility index (Phi) is 4.80. The van der Waals surface area contributed by atoms with Crippen LogP contribution in [0.4, 0.5) is 0 Å². The molecule has 0 aliphatic heterocycles. The lowest BCUT2D eigenvalue weighted by atomic mass is 9.78. The van der Waals surface area contributed by atoms with Gasteiger partial charge in [0.25, 0.3) is 0 Å². The van der Waals surface area contributed by atoms with Gasteiger partial charge >= 0.3 is 0 Å². The number of benzene rings is 1.